The van der Waals surface area contributed by atoms with Crippen LogP contribution < -0.4 is 5.73 Å². The van der Waals surface area contributed by atoms with Crippen molar-refractivity contribution in [2.45, 2.75) is 52.5 Å². The van der Waals surface area contributed by atoms with Gasteiger partial charge in [0, 0.05) is 30.9 Å². The molecule has 0 spiro atoms. The Hall–Kier alpha value is -0.830. The van der Waals surface area contributed by atoms with Crippen molar-refractivity contribution in [3.8, 4) is 0 Å². The van der Waals surface area contributed by atoms with Crippen LogP contribution in [-0.4, -0.2) is 16.1 Å². The molecule has 2 N–H and O–H groups in total. The van der Waals surface area contributed by atoms with Gasteiger partial charge in [0.1, 0.15) is 0 Å². The second kappa shape index (κ2) is 4.81. The molecule has 0 radical (unpaired) electrons. The van der Waals surface area contributed by atoms with Crippen molar-refractivity contribution in [3.63, 3.8) is 0 Å². The Morgan fingerprint density at radius 2 is 2.18 bits per heavy atom. The Labute approximate surface area is 104 Å². The van der Waals surface area contributed by atoms with Crippen LogP contribution >= 0.6 is 0 Å². The van der Waals surface area contributed by atoms with Gasteiger partial charge in [-0.1, -0.05) is 27.2 Å². The number of nitrogens with zero attached hydrogens (tertiary/aromatic N) is 2. The maximum absolute atomic E-state index is 5.90. The molecule has 0 amide bonds. The fraction of sp³-hybridized carbons (Fsp3) is 0.786. The third-order valence-electron chi connectivity index (χ3n) is 4.30. The minimum atomic E-state index is 0.432. The molecule has 17 heavy (non-hydrogen) atoms. The molecular formula is C14H25N3. The van der Waals surface area contributed by atoms with Gasteiger partial charge in [-0.25, -0.2) is 4.98 Å². The molecule has 1 aliphatic carbocycles. The molecule has 1 heterocycles. The Kier molecular flexibility index (Phi) is 3.57. The average molecular weight is 235 g/mol. The standard InChI is InChI=1S/C14H25N3/c1-11(2)12(7-15)13-8-16-10-17(13)9-14(3)5-4-6-14/h8,10-12H,4-7,9,15H2,1-3H3. The summed E-state index contributed by atoms with van der Waals surface area (Å²) in [7, 11) is 0. The summed E-state index contributed by atoms with van der Waals surface area (Å²) in [6.07, 6.45) is 8.05. The van der Waals surface area contributed by atoms with Crippen LogP contribution in [0.25, 0.3) is 0 Å². The van der Waals surface area contributed by atoms with Crippen molar-refractivity contribution >= 4 is 0 Å². The summed E-state index contributed by atoms with van der Waals surface area (Å²) >= 11 is 0. The Morgan fingerprint density at radius 1 is 1.47 bits per heavy atom. The summed E-state index contributed by atoms with van der Waals surface area (Å²) in [6, 6.07) is 0. The summed E-state index contributed by atoms with van der Waals surface area (Å²) in [6.45, 7) is 8.67. The van der Waals surface area contributed by atoms with Crippen molar-refractivity contribution in [2.24, 2.45) is 17.1 Å². The van der Waals surface area contributed by atoms with E-state index in [0.717, 1.165) is 6.54 Å². The van der Waals surface area contributed by atoms with Gasteiger partial charge in [0.05, 0.1) is 6.33 Å². The molecule has 1 fully saturated rings. The highest BCUT2D eigenvalue weighted by atomic mass is 15.1. The lowest BCUT2D eigenvalue weighted by molar-refractivity contribution is 0.129. The van der Waals surface area contributed by atoms with Crippen LogP contribution in [0.4, 0.5) is 0 Å². The van der Waals surface area contributed by atoms with Gasteiger partial charge >= 0.3 is 0 Å². The number of hydrogen-bond acceptors (Lipinski definition) is 2. The maximum atomic E-state index is 5.90. The van der Waals surface area contributed by atoms with Gasteiger partial charge < -0.3 is 10.3 Å². The molecule has 1 aromatic rings. The van der Waals surface area contributed by atoms with Crippen LogP contribution in [0, 0.1) is 11.3 Å². The van der Waals surface area contributed by atoms with Gasteiger partial charge in [-0.2, -0.15) is 0 Å². The average Bonchev–Trinajstić information content (AvgIpc) is 2.65. The Morgan fingerprint density at radius 3 is 2.65 bits per heavy atom. The van der Waals surface area contributed by atoms with E-state index in [9.17, 15) is 0 Å². The summed E-state index contributed by atoms with van der Waals surface area (Å²) in [5.41, 5.74) is 7.71. The SMILES string of the molecule is CC(C)C(CN)c1cncn1CC1(C)CCC1. The molecular weight excluding hydrogens is 210 g/mol. The lowest BCUT2D eigenvalue weighted by atomic mass is 9.70. The molecule has 0 aromatic carbocycles. The van der Waals surface area contributed by atoms with E-state index in [4.69, 9.17) is 5.73 Å². The highest BCUT2D eigenvalue weighted by Gasteiger charge is 2.33. The predicted octanol–water partition coefficient (Wildman–Crippen LogP) is 2.77. The van der Waals surface area contributed by atoms with Gasteiger partial charge in [0.25, 0.3) is 0 Å². The van der Waals surface area contributed by atoms with E-state index >= 15 is 0 Å². The van der Waals surface area contributed by atoms with Crippen molar-refractivity contribution in [3.05, 3.63) is 18.2 Å². The molecule has 2 rings (SSSR count). The number of nitrogens with two attached hydrogens (primary N) is 1. The number of aromatic nitrogens is 2. The molecule has 1 aliphatic rings. The second-order valence-corrected chi connectivity index (χ2v) is 6.20. The highest BCUT2D eigenvalue weighted by molar-refractivity contribution is 5.09. The molecule has 0 bridgehead atoms. The van der Waals surface area contributed by atoms with Crippen LogP contribution in [0.1, 0.15) is 51.6 Å². The molecule has 1 saturated carbocycles. The summed E-state index contributed by atoms with van der Waals surface area (Å²) in [5.74, 6) is 1.01. The minimum absolute atomic E-state index is 0.432. The molecule has 3 heteroatoms. The first-order valence-electron chi connectivity index (χ1n) is 6.76. The van der Waals surface area contributed by atoms with Crippen molar-refractivity contribution in [1.82, 2.24) is 9.55 Å². The first-order chi connectivity index (χ1) is 8.06. The Bertz CT molecular complexity index is 363. The zero-order valence-electron chi connectivity index (χ0n) is 11.3. The largest absolute Gasteiger partial charge is 0.334 e. The van der Waals surface area contributed by atoms with E-state index in [2.05, 4.69) is 30.3 Å². The fourth-order valence-electron chi connectivity index (χ4n) is 2.86. The third kappa shape index (κ3) is 2.54. The fourth-order valence-corrected chi connectivity index (χ4v) is 2.86. The van der Waals surface area contributed by atoms with Crippen LogP contribution in [-0.2, 0) is 6.54 Å². The number of rotatable bonds is 5. The monoisotopic (exact) mass is 235 g/mol. The molecule has 1 unspecified atom stereocenters. The topological polar surface area (TPSA) is 43.8 Å². The summed E-state index contributed by atoms with van der Waals surface area (Å²) in [5, 5.41) is 0. The van der Waals surface area contributed by atoms with Crippen molar-refractivity contribution in [2.75, 3.05) is 6.54 Å². The van der Waals surface area contributed by atoms with Crippen LogP contribution in [0.5, 0.6) is 0 Å². The van der Waals surface area contributed by atoms with Gasteiger partial charge in [-0.15, -0.1) is 0 Å². The molecule has 1 aromatic heterocycles. The van der Waals surface area contributed by atoms with E-state index in [-0.39, 0.29) is 0 Å². The lowest BCUT2D eigenvalue weighted by Gasteiger charge is -2.39. The first-order valence-corrected chi connectivity index (χ1v) is 6.76. The van der Waals surface area contributed by atoms with E-state index < -0.39 is 0 Å². The molecule has 3 nitrogen and oxygen atoms in total. The molecule has 96 valence electrons. The van der Waals surface area contributed by atoms with Gasteiger partial charge in [-0.05, 0) is 24.2 Å². The second-order valence-electron chi connectivity index (χ2n) is 6.20. The third-order valence-corrected chi connectivity index (χ3v) is 4.30. The zero-order valence-corrected chi connectivity index (χ0v) is 11.3. The van der Waals surface area contributed by atoms with E-state index in [1.807, 2.05) is 12.5 Å². The smallest absolute Gasteiger partial charge is 0.0948 e. The van der Waals surface area contributed by atoms with E-state index in [1.54, 1.807) is 0 Å². The predicted molar refractivity (Wildman–Crippen MR) is 70.8 cm³/mol. The normalized spacial score (nSPS) is 20.3. The van der Waals surface area contributed by atoms with Gasteiger partial charge in [0.15, 0.2) is 0 Å². The zero-order chi connectivity index (χ0) is 12.5. The van der Waals surface area contributed by atoms with Crippen molar-refractivity contribution < 1.29 is 0 Å². The van der Waals surface area contributed by atoms with Gasteiger partial charge in [-0.3, -0.25) is 0 Å². The van der Waals surface area contributed by atoms with E-state index in [0.29, 0.717) is 23.8 Å². The van der Waals surface area contributed by atoms with Crippen LogP contribution in [0.2, 0.25) is 0 Å². The van der Waals surface area contributed by atoms with Crippen LogP contribution in [0.3, 0.4) is 0 Å². The quantitative estimate of drug-likeness (QED) is 0.853. The maximum Gasteiger partial charge on any atom is 0.0948 e. The molecule has 0 aliphatic heterocycles. The van der Waals surface area contributed by atoms with Crippen molar-refractivity contribution in [1.29, 1.82) is 0 Å². The van der Waals surface area contributed by atoms with E-state index in [1.165, 1.54) is 25.0 Å². The number of imidazole rings is 1. The lowest BCUT2D eigenvalue weighted by Crippen LogP contribution is -2.32. The van der Waals surface area contributed by atoms with Gasteiger partial charge in [0.2, 0.25) is 0 Å². The molecule has 1 atom stereocenters. The van der Waals surface area contributed by atoms with Crippen LogP contribution in [0.15, 0.2) is 12.5 Å². The minimum Gasteiger partial charge on any atom is -0.334 e. The Balaban J connectivity index is 2.15. The highest BCUT2D eigenvalue weighted by Crippen LogP contribution is 2.42. The number of hydrogen-bond donors (Lipinski definition) is 1. The first kappa shape index (κ1) is 12.6. The summed E-state index contributed by atoms with van der Waals surface area (Å²) in [4.78, 5) is 4.32. The molecule has 0 saturated heterocycles. The summed E-state index contributed by atoms with van der Waals surface area (Å²) < 4.78 is 2.33.